The smallest absolute Gasteiger partial charge is 0.390 e. The second kappa shape index (κ2) is 4.00. The molecular formula is C9H6N4O4. The van der Waals surface area contributed by atoms with Crippen molar-refractivity contribution in [1.82, 2.24) is 14.8 Å². The lowest BCUT2D eigenvalue weighted by molar-refractivity contribution is -0.389. The molecule has 2 heterocycles. The molecule has 0 aromatic carbocycles. The lowest BCUT2D eigenvalue weighted by atomic mass is 10.2. The summed E-state index contributed by atoms with van der Waals surface area (Å²) in [6.45, 7) is 0. The molecule has 0 atom stereocenters. The van der Waals surface area contributed by atoms with Gasteiger partial charge < -0.3 is 15.2 Å². The first-order valence-corrected chi connectivity index (χ1v) is 4.47. The molecule has 0 bridgehead atoms. The van der Waals surface area contributed by atoms with Crippen LogP contribution in [0.15, 0.2) is 30.7 Å². The molecule has 0 fully saturated rings. The Bertz CT molecular complexity index is 592. The Kier molecular flexibility index (Phi) is 2.53. The Hall–Kier alpha value is -2.77. The van der Waals surface area contributed by atoms with Gasteiger partial charge in [0.05, 0.1) is 29.1 Å². The topological polar surface area (TPSA) is 111 Å². The van der Waals surface area contributed by atoms with Crippen molar-refractivity contribution in [3.05, 3.63) is 46.4 Å². The quantitative estimate of drug-likeness (QED) is 0.623. The molecule has 0 unspecified atom stereocenters. The highest BCUT2D eigenvalue weighted by atomic mass is 16.6. The van der Waals surface area contributed by atoms with Gasteiger partial charge in [-0.2, -0.15) is 0 Å². The number of pyridine rings is 1. The predicted molar refractivity (Wildman–Crippen MR) is 55.0 cm³/mol. The number of aromatic nitrogens is 3. The average molecular weight is 234 g/mol. The van der Waals surface area contributed by atoms with E-state index in [0.29, 0.717) is 0 Å². The SMILES string of the molecule is O=C(O)c1ccncc1-n1ccc([N+](=O)[O-])n1. The van der Waals surface area contributed by atoms with E-state index in [-0.39, 0.29) is 17.1 Å². The number of nitrogens with zero attached hydrogens (tertiary/aromatic N) is 4. The molecule has 0 aliphatic heterocycles. The molecule has 0 aliphatic rings. The second-order valence-electron chi connectivity index (χ2n) is 3.07. The van der Waals surface area contributed by atoms with Gasteiger partial charge in [-0.25, -0.2) is 4.79 Å². The molecule has 0 amide bonds. The number of hydrogen-bond acceptors (Lipinski definition) is 5. The van der Waals surface area contributed by atoms with Gasteiger partial charge in [0.1, 0.15) is 5.69 Å². The first-order valence-electron chi connectivity index (χ1n) is 4.47. The van der Waals surface area contributed by atoms with Crippen LogP contribution in [0.5, 0.6) is 0 Å². The zero-order valence-electron chi connectivity index (χ0n) is 8.35. The molecule has 8 nitrogen and oxygen atoms in total. The fourth-order valence-electron chi connectivity index (χ4n) is 1.30. The van der Waals surface area contributed by atoms with Gasteiger partial charge in [-0.15, -0.1) is 4.68 Å². The third kappa shape index (κ3) is 1.95. The molecule has 2 aromatic rings. The van der Waals surface area contributed by atoms with E-state index in [0.717, 1.165) is 4.68 Å². The minimum atomic E-state index is -1.15. The van der Waals surface area contributed by atoms with E-state index in [1.54, 1.807) is 0 Å². The molecule has 1 N–H and O–H groups in total. The van der Waals surface area contributed by atoms with Gasteiger partial charge in [-0.3, -0.25) is 4.98 Å². The van der Waals surface area contributed by atoms with E-state index in [2.05, 4.69) is 10.1 Å². The van der Waals surface area contributed by atoms with E-state index in [4.69, 9.17) is 5.11 Å². The predicted octanol–water partition coefficient (Wildman–Crippen LogP) is 0.874. The van der Waals surface area contributed by atoms with Crippen LogP contribution in [0.4, 0.5) is 5.82 Å². The number of nitro groups is 1. The molecule has 0 spiro atoms. The Labute approximate surface area is 94.3 Å². The molecule has 0 saturated carbocycles. The Morgan fingerprint density at radius 1 is 1.47 bits per heavy atom. The van der Waals surface area contributed by atoms with Crippen LogP contribution >= 0.6 is 0 Å². The van der Waals surface area contributed by atoms with Crippen molar-refractivity contribution in [3.8, 4) is 5.69 Å². The molecule has 2 rings (SSSR count). The second-order valence-corrected chi connectivity index (χ2v) is 3.07. The molecule has 17 heavy (non-hydrogen) atoms. The van der Waals surface area contributed by atoms with Crippen molar-refractivity contribution < 1.29 is 14.8 Å². The minimum Gasteiger partial charge on any atom is -0.478 e. The summed E-state index contributed by atoms with van der Waals surface area (Å²) in [7, 11) is 0. The molecule has 2 aromatic heterocycles. The average Bonchev–Trinajstić information content (AvgIpc) is 2.78. The largest absolute Gasteiger partial charge is 0.478 e. The van der Waals surface area contributed by atoms with Crippen molar-refractivity contribution in [2.24, 2.45) is 0 Å². The maximum Gasteiger partial charge on any atom is 0.390 e. The van der Waals surface area contributed by atoms with Crippen LogP contribution in [0, 0.1) is 10.1 Å². The molecule has 0 radical (unpaired) electrons. The first-order chi connectivity index (χ1) is 8.09. The number of hydrogen-bond donors (Lipinski definition) is 1. The standard InChI is InChI=1S/C9H6N4O4/c14-9(15)6-1-3-10-5-7(6)12-4-2-8(11-12)13(16)17/h1-5H,(H,14,15). The maximum atomic E-state index is 10.9. The van der Waals surface area contributed by atoms with Crippen molar-refractivity contribution in [1.29, 1.82) is 0 Å². The van der Waals surface area contributed by atoms with Crippen LogP contribution in [-0.4, -0.2) is 30.8 Å². The van der Waals surface area contributed by atoms with Crippen molar-refractivity contribution in [2.45, 2.75) is 0 Å². The highest BCUT2D eigenvalue weighted by Gasteiger charge is 2.17. The van der Waals surface area contributed by atoms with Gasteiger partial charge >= 0.3 is 11.8 Å². The fourth-order valence-corrected chi connectivity index (χ4v) is 1.30. The van der Waals surface area contributed by atoms with Crippen molar-refractivity contribution in [2.75, 3.05) is 0 Å². The molecule has 86 valence electrons. The Morgan fingerprint density at radius 2 is 2.24 bits per heavy atom. The van der Waals surface area contributed by atoms with Gasteiger partial charge in [0, 0.05) is 6.20 Å². The van der Waals surface area contributed by atoms with Gasteiger partial charge in [-0.1, -0.05) is 0 Å². The maximum absolute atomic E-state index is 10.9. The van der Waals surface area contributed by atoms with Crippen molar-refractivity contribution >= 4 is 11.8 Å². The van der Waals surface area contributed by atoms with Crippen molar-refractivity contribution in [3.63, 3.8) is 0 Å². The third-order valence-corrected chi connectivity index (χ3v) is 2.04. The summed E-state index contributed by atoms with van der Waals surface area (Å²) in [5.41, 5.74) is 0.145. The fraction of sp³-hybridized carbons (Fsp3) is 0. The first kappa shape index (κ1) is 10.7. The van der Waals surface area contributed by atoms with Crippen LogP contribution in [-0.2, 0) is 0 Å². The van der Waals surface area contributed by atoms with Gasteiger partial charge in [0.2, 0.25) is 0 Å². The third-order valence-electron chi connectivity index (χ3n) is 2.04. The molecular weight excluding hydrogens is 228 g/mol. The van der Waals surface area contributed by atoms with E-state index >= 15 is 0 Å². The molecule has 0 aliphatic carbocycles. The van der Waals surface area contributed by atoms with E-state index in [1.165, 1.54) is 30.7 Å². The normalized spacial score (nSPS) is 10.1. The van der Waals surface area contributed by atoms with Gasteiger partial charge in [-0.05, 0) is 11.0 Å². The van der Waals surface area contributed by atoms with Crippen LogP contribution in [0.3, 0.4) is 0 Å². The summed E-state index contributed by atoms with van der Waals surface area (Å²) in [4.78, 5) is 24.5. The highest BCUT2D eigenvalue weighted by molar-refractivity contribution is 5.91. The highest BCUT2D eigenvalue weighted by Crippen LogP contribution is 2.15. The van der Waals surface area contributed by atoms with E-state index in [1.807, 2.05) is 0 Å². The summed E-state index contributed by atoms with van der Waals surface area (Å²) in [6, 6.07) is 2.48. The van der Waals surface area contributed by atoms with Gasteiger partial charge in [0.15, 0.2) is 0 Å². The Balaban J connectivity index is 2.52. The molecule has 0 saturated heterocycles. The minimum absolute atomic E-state index is 0.0296. The zero-order valence-corrected chi connectivity index (χ0v) is 8.35. The summed E-state index contributed by atoms with van der Waals surface area (Å²) in [5, 5.41) is 23.0. The van der Waals surface area contributed by atoms with Gasteiger partial charge in [0.25, 0.3) is 0 Å². The monoisotopic (exact) mass is 234 g/mol. The number of aromatic carboxylic acids is 1. The van der Waals surface area contributed by atoms with Crippen LogP contribution < -0.4 is 0 Å². The number of carbonyl (C=O) groups is 1. The summed E-state index contributed by atoms with van der Waals surface area (Å²) >= 11 is 0. The summed E-state index contributed by atoms with van der Waals surface area (Å²) in [5.74, 6) is -1.51. The van der Waals surface area contributed by atoms with E-state index < -0.39 is 10.9 Å². The summed E-state index contributed by atoms with van der Waals surface area (Å²) < 4.78 is 1.11. The Morgan fingerprint density at radius 3 is 2.82 bits per heavy atom. The number of rotatable bonds is 3. The lowest BCUT2D eigenvalue weighted by Gasteiger charge is -2.00. The van der Waals surface area contributed by atoms with Crippen LogP contribution in [0.1, 0.15) is 10.4 Å². The molecule has 8 heteroatoms. The number of carboxylic acids is 1. The number of carboxylic acid groups (broad SMARTS) is 1. The van der Waals surface area contributed by atoms with Crippen LogP contribution in [0.2, 0.25) is 0 Å². The van der Waals surface area contributed by atoms with Crippen LogP contribution in [0.25, 0.3) is 5.69 Å². The lowest BCUT2D eigenvalue weighted by Crippen LogP contribution is -2.06. The zero-order chi connectivity index (χ0) is 12.4. The van der Waals surface area contributed by atoms with E-state index in [9.17, 15) is 14.9 Å². The summed E-state index contributed by atoms with van der Waals surface area (Å²) in [6.07, 6.45) is 3.91.